The summed E-state index contributed by atoms with van der Waals surface area (Å²) in [5.74, 6) is 2.32. The van der Waals surface area contributed by atoms with Crippen LogP contribution in [0.5, 0.6) is 0 Å². The van der Waals surface area contributed by atoms with E-state index < -0.39 is 0 Å². The van der Waals surface area contributed by atoms with E-state index in [0.717, 1.165) is 35.5 Å². The van der Waals surface area contributed by atoms with Crippen LogP contribution in [0.2, 0.25) is 0 Å². The molecule has 2 aromatic carbocycles. The number of halogens is 1. The molecule has 1 aliphatic carbocycles. The highest BCUT2D eigenvalue weighted by atomic mass is 79.9. The number of anilines is 3. The zero-order chi connectivity index (χ0) is 18.2. The van der Waals surface area contributed by atoms with Crippen molar-refractivity contribution < 1.29 is 0 Å². The maximum absolute atomic E-state index is 4.85. The van der Waals surface area contributed by atoms with E-state index in [9.17, 15) is 0 Å². The van der Waals surface area contributed by atoms with Crippen molar-refractivity contribution in [1.29, 1.82) is 0 Å². The van der Waals surface area contributed by atoms with Crippen LogP contribution in [0, 0.1) is 0 Å². The lowest BCUT2D eigenvalue weighted by Gasteiger charge is -2.30. The quantitative estimate of drug-likeness (QED) is 0.611. The summed E-state index contributed by atoms with van der Waals surface area (Å²) in [6.07, 6.45) is 3.51. The van der Waals surface area contributed by atoms with E-state index in [1.807, 2.05) is 30.3 Å². The van der Waals surface area contributed by atoms with Crippen LogP contribution in [0.1, 0.15) is 35.6 Å². The van der Waals surface area contributed by atoms with Gasteiger partial charge in [0.15, 0.2) is 0 Å². The van der Waals surface area contributed by atoms with Gasteiger partial charge in [0.05, 0.1) is 5.69 Å². The number of hydrogen-bond acceptors (Lipinski definition) is 4. The zero-order valence-corrected chi connectivity index (χ0v) is 16.6. The fourth-order valence-electron chi connectivity index (χ4n) is 3.63. The van der Waals surface area contributed by atoms with Crippen molar-refractivity contribution in [1.82, 2.24) is 9.97 Å². The molecule has 4 nitrogen and oxygen atoms in total. The minimum absolute atomic E-state index is 0.594. The minimum Gasteiger partial charge on any atom is -0.352 e. The molecule has 1 N–H and O–H groups in total. The molecule has 0 unspecified atom stereocenters. The summed E-state index contributed by atoms with van der Waals surface area (Å²) in [7, 11) is 0. The number of rotatable bonds is 4. The molecule has 5 heteroatoms. The van der Waals surface area contributed by atoms with Crippen molar-refractivity contribution >= 4 is 33.4 Å². The van der Waals surface area contributed by atoms with E-state index in [4.69, 9.17) is 9.97 Å². The largest absolute Gasteiger partial charge is 0.352 e. The number of aromatic nitrogens is 2. The Kier molecular flexibility index (Phi) is 4.32. The van der Waals surface area contributed by atoms with E-state index in [2.05, 4.69) is 50.4 Å². The van der Waals surface area contributed by atoms with Crippen molar-refractivity contribution in [2.45, 2.75) is 31.7 Å². The Bertz CT molecular complexity index is 969. The molecule has 1 saturated carbocycles. The Morgan fingerprint density at radius 3 is 2.63 bits per heavy atom. The molecule has 1 aliphatic heterocycles. The summed E-state index contributed by atoms with van der Waals surface area (Å²) >= 11 is 3.58. The van der Waals surface area contributed by atoms with Crippen LogP contribution in [-0.2, 0) is 13.0 Å². The van der Waals surface area contributed by atoms with Gasteiger partial charge in [0, 0.05) is 35.2 Å². The van der Waals surface area contributed by atoms with E-state index >= 15 is 0 Å². The predicted molar refractivity (Wildman–Crippen MR) is 113 cm³/mol. The van der Waals surface area contributed by atoms with E-state index in [0.29, 0.717) is 11.9 Å². The SMILES string of the molecule is Brc1ccc2c(c1)CCN(c1cc(C3CC3)nc(Nc3ccccc3)n1)C2. The monoisotopic (exact) mass is 420 g/mol. The molecule has 136 valence electrons. The van der Waals surface area contributed by atoms with E-state index in [-0.39, 0.29) is 0 Å². The molecule has 1 aromatic heterocycles. The number of hydrogen-bond donors (Lipinski definition) is 1. The summed E-state index contributed by atoms with van der Waals surface area (Å²) in [5, 5.41) is 3.38. The molecule has 0 radical (unpaired) electrons. The van der Waals surface area contributed by atoms with E-state index in [1.54, 1.807) is 0 Å². The van der Waals surface area contributed by atoms with Crippen LogP contribution in [0.25, 0.3) is 0 Å². The topological polar surface area (TPSA) is 41.1 Å². The maximum atomic E-state index is 4.85. The lowest BCUT2D eigenvalue weighted by molar-refractivity contribution is 0.717. The first-order valence-electron chi connectivity index (χ1n) is 9.48. The third kappa shape index (κ3) is 3.69. The lowest BCUT2D eigenvalue weighted by atomic mass is 10.00. The summed E-state index contributed by atoms with van der Waals surface area (Å²) in [4.78, 5) is 12.0. The Morgan fingerprint density at radius 2 is 1.81 bits per heavy atom. The Labute approximate surface area is 167 Å². The summed E-state index contributed by atoms with van der Waals surface area (Å²) in [5.41, 5.74) is 5.00. The average Bonchev–Trinajstić information content (AvgIpc) is 3.53. The highest BCUT2D eigenvalue weighted by molar-refractivity contribution is 9.10. The van der Waals surface area contributed by atoms with Crippen molar-refractivity contribution in [3.63, 3.8) is 0 Å². The summed E-state index contributed by atoms with van der Waals surface area (Å²) < 4.78 is 1.15. The first-order valence-corrected chi connectivity index (χ1v) is 10.3. The molecule has 3 aromatic rings. The normalized spacial score (nSPS) is 16.1. The second kappa shape index (κ2) is 6.97. The van der Waals surface area contributed by atoms with Gasteiger partial charge in [-0.05, 0) is 54.7 Å². The number of para-hydroxylation sites is 1. The Hall–Kier alpha value is -2.40. The third-order valence-corrected chi connectivity index (χ3v) is 5.76. The Balaban J connectivity index is 1.45. The van der Waals surface area contributed by atoms with Gasteiger partial charge in [0.2, 0.25) is 5.95 Å². The first-order chi connectivity index (χ1) is 13.2. The highest BCUT2D eigenvalue weighted by Gasteiger charge is 2.27. The van der Waals surface area contributed by atoms with Crippen molar-refractivity contribution in [3.05, 3.63) is 75.9 Å². The van der Waals surface area contributed by atoms with Gasteiger partial charge >= 0.3 is 0 Å². The molecule has 0 spiro atoms. The lowest BCUT2D eigenvalue weighted by Crippen LogP contribution is -2.31. The molecular formula is C22H21BrN4. The van der Waals surface area contributed by atoms with Gasteiger partial charge in [-0.15, -0.1) is 0 Å². The second-order valence-corrected chi connectivity index (χ2v) is 8.24. The van der Waals surface area contributed by atoms with Gasteiger partial charge in [-0.2, -0.15) is 4.98 Å². The van der Waals surface area contributed by atoms with Crippen molar-refractivity contribution in [3.8, 4) is 0 Å². The molecular weight excluding hydrogens is 400 g/mol. The van der Waals surface area contributed by atoms with Crippen molar-refractivity contribution in [2.75, 3.05) is 16.8 Å². The summed E-state index contributed by atoms with van der Waals surface area (Å²) in [6.45, 7) is 1.88. The van der Waals surface area contributed by atoms with Gasteiger partial charge in [0.25, 0.3) is 0 Å². The average molecular weight is 421 g/mol. The van der Waals surface area contributed by atoms with Gasteiger partial charge in [0.1, 0.15) is 5.82 Å². The molecule has 0 atom stereocenters. The molecule has 2 aliphatic rings. The standard InChI is InChI=1S/C22H21BrN4/c23-18-9-8-17-14-27(11-10-16(17)12-18)21-13-20(15-6-7-15)25-22(26-21)24-19-4-2-1-3-5-19/h1-5,8-9,12-13,15H,6-7,10-11,14H2,(H,24,25,26). The molecule has 27 heavy (non-hydrogen) atoms. The minimum atomic E-state index is 0.594. The van der Waals surface area contributed by atoms with Crippen LogP contribution >= 0.6 is 15.9 Å². The van der Waals surface area contributed by atoms with Gasteiger partial charge in [-0.3, -0.25) is 0 Å². The highest BCUT2D eigenvalue weighted by Crippen LogP contribution is 2.40. The number of nitrogens with one attached hydrogen (secondary N) is 1. The van der Waals surface area contributed by atoms with Crippen LogP contribution in [0.3, 0.4) is 0 Å². The third-order valence-electron chi connectivity index (χ3n) is 5.26. The van der Waals surface area contributed by atoms with Gasteiger partial charge in [-0.25, -0.2) is 4.98 Å². The molecule has 2 heterocycles. The van der Waals surface area contributed by atoms with Gasteiger partial charge < -0.3 is 10.2 Å². The van der Waals surface area contributed by atoms with Crippen LogP contribution in [-0.4, -0.2) is 16.5 Å². The van der Waals surface area contributed by atoms with E-state index in [1.165, 1.54) is 29.7 Å². The number of nitrogens with zero attached hydrogens (tertiary/aromatic N) is 3. The zero-order valence-electron chi connectivity index (χ0n) is 15.0. The second-order valence-electron chi connectivity index (χ2n) is 7.32. The molecule has 0 amide bonds. The van der Waals surface area contributed by atoms with Crippen LogP contribution in [0.4, 0.5) is 17.5 Å². The molecule has 5 rings (SSSR count). The van der Waals surface area contributed by atoms with Gasteiger partial charge in [-0.1, -0.05) is 40.2 Å². The Morgan fingerprint density at radius 1 is 0.963 bits per heavy atom. The van der Waals surface area contributed by atoms with Crippen LogP contribution in [0.15, 0.2) is 59.1 Å². The predicted octanol–water partition coefficient (Wildman–Crippen LogP) is 5.42. The number of fused-ring (bicyclic) bond motifs is 1. The summed E-state index contributed by atoms with van der Waals surface area (Å²) in [6, 6.07) is 18.9. The fourth-order valence-corrected chi connectivity index (χ4v) is 4.03. The molecule has 1 fully saturated rings. The number of benzene rings is 2. The smallest absolute Gasteiger partial charge is 0.229 e. The first kappa shape index (κ1) is 16.8. The fraction of sp³-hybridized carbons (Fsp3) is 0.273. The molecule has 0 saturated heterocycles. The van der Waals surface area contributed by atoms with Crippen molar-refractivity contribution in [2.24, 2.45) is 0 Å². The maximum Gasteiger partial charge on any atom is 0.229 e. The van der Waals surface area contributed by atoms with Crippen LogP contribution < -0.4 is 10.2 Å². The molecule has 0 bridgehead atoms.